The van der Waals surface area contributed by atoms with E-state index in [1.54, 1.807) is 29.6 Å². The van der Waals surface area contributed by atoms with E-state index in [4.69, 9.17) is 13.9 Å². The number of benzene rings is 3. The molecule has 8 nitrogen and oxygen atoms in total. The van der Waals surface area contributed by atoms with Crippen LogP contribution < -0.4 is 15.4 Å². The van der Waals surface area contributed by atoms with Crippen molar-refractivity contribution in [1.29, 1.82) is 0 Å². The molecule has 2 N–H and O–H groups in total. The Morgan fingerprint density at radius 3 is 2.47 bits per heavy atom. The first-order valence-electron chi connectivity index (χ1n) is 11.9. The van der Waals surface area contributed by atoms with Gasteiger partial charge in [-0.25, -0.2) is 4.79 Å². The molecule has 0 bridgehead atoms. The SMILES string of the molecule is COc1cc2c(cc1NC(=O)COC(=O)[C@H](Cc1ccccc1)NC(=O)c1cccs1)oc1ccccc12. The third-order valence-electron chi connectivity index (χ3n) is 5.94. The number of ether oxygens (including phenoxy) is 2. The molecule has 2 amide bonds. The minimum atomic E-state index is -0.971. The molecule has 5 rings (SSSR count). The number of methoxy groups -OCH3 is 1. The molecule has 0 aliphatic heterocycles. The summed E-state index contributed by atoms with van der Waals surface area (Å²) in [5.41, 5.74) is 2.52. The van der Waals surface area contributed by atoms with Gasteiger partial charge in [0, 0.05) is 23.3 Å². The summed E-state index contributed by atoms with van der Waals surface area (Å²) in [5.74, 6) is -1.22. The Kier molecular flexibility index (Phi) is 7.37. The van der Waals surface area contributed by atoms with Gasteiger partial charge in [0.25, 0.3) is 11.8 Å². The van der Waals surface area contributed by atoms with Gasteiger partial charge in [0.2, 0.25) is 0 Å². The maximum absolute atomic E-state index is 13.0. The first-order valence-corrected chi connectivity index (χ1v) is 12.7. The lowest BCUT2D eigenvalue weighted by atomic mass is 10.1. The molecular formula is C29H24N2O6S. The summed E-state index contributed by atoms with van der Waals surface area (Å²) in [4.78, 5) is 38.8. The first-order chi connectivity index (χ1) is 18.5. The van der Waals surface area contributed by atoms with Crippen molar-refractivity contribution in [2.45, 2.75) is 12.5 Å². The molecule has 0 aliphatic rings. The Bertz CT molecular complexity index is 1590. The van der Waals surface area contributed by atoms with Gasteiger partial charge in [0.05, 0.1) is 17.7 Å². The predicted molar refractivity (Wildman–Crippen MR) is 146 cm³/mol. The average molecular weight is 529 g/mol. The molecule has 1 atom stereocenters. The largest absolute Gasteiger partial charge is 0.495 e. The molecule has 0 radical (unpaired) electrons. The maximum Gasteiger partial charge on any atom is 0.329 e. The summed E-state index contributed by atoms with van der Waals surface area (Å²) in [5, 5.41) is 9.01. The quantitative estimate of drug-likeness (QED) is 0.255. The number of fused-ring (bicyclic) bond motifs is 3. The Labute approximate surface area is 222 Å². The van der Waals surface area contributed by atoms with Crippen LogP contribution in [0.25, 0.3) is 21.9 Å². The van der Waals surface area contributed by atoms with E-state index in [9.17, 15) is 14.4 Å². The lowest BCUT2D eigenvalue weighted by Crippen LogP contribution is -2.43. The molecule has 0 fully saturated rings. The molecule has 5 aromatic rings. The van der Waals surface area contributed by atoms with Crippen LogP contribution in [0.15, 0.2) is 88.7 Å². The van der Waals surface area contributed by atoms with E-state index in [0.29, 0.717) is 21.9 Å². The number of carbonyl (C=O) groups excluding carboxylic acids is 3. The lowest BCUT2D eigenvalue weighted by molar-refractivity contribution is -0.149. The highest BCUT2D eigenvalue weighted by molar-refractivity contribution is 7.12. The number of furan rings is 1. The maximum atomic E-state index is 13.0. The smallest absolute Gasteiger partial charge is 0.329 e. The minimum Gasteiger partial charge on any atom is -0.495 e. The van der Waals surface area contributed by atoms with Crippen molar-refractivity contribution in [2.24, 2.45) is 0 Å². The predicted octanol–water partition coefficient (Wildman–Crippen LogP) is 5.18. The van der Waals surface area contributed by atoms with E-state index in [-0.39, 0.29) is 12.3 Å². The van der Waals surface area contributed by atoms with Crippen LogP contribution in [0, 0.1) is 0 Å². The van der Waals surface area contributed by atoms with E-state index in [2.05, 4.69) is 10.6 Å². The van der Waals surface area contributed by atoms with E-state index in [1.165, 1.54) is 18.4 Å². The van der Waals surface area contributed by atoms with Crippen LogP contribution in [0.5, 0.6) is 5.75 Å². The van der Waals surface area contributed by atoms with Crippen LogP contribution in [0.4, 0.5) is 5.69 Å². The van der Waals surface area contributed by atoms with Crippen molar-refractivity contribution in [3.05, 3.63) is 94.7 Å². The standard InChI is InChI=1S/C29H24N2O6S/c1-35-25-15-20-19-10-5-6-11-23(19)37-24(20)16-21(25)30-27(32)17-36-29(34)22(14-18-8-3-2-4-9-18)31-28(33)26-12-7-13-38-26/h2-13,15-16,22H,14,17H2,1H3,(H,30,32)(H,31,33)/t22-/m0/s1. The van der Waals surface area contributed by atoms with E-state index < -0.39 is 24.5 Å². The van der Waals surface area contributed by atoms with Gasteiger partial charge in [-0.15, -0.1) is 11.3 Å². The summed E-state index contributed by atoms with van der Waals surface area (Å²) in [6, 6.07) is 22.8. The summed E-state index contributed by atoms with van der Waals surface area (Å²) in [6.07, 6.45) is 0.217. The van der Waals surface area contributed by atoms with E-state index in [0.717, 1.165) is 21.9 Å². The zero-order valence-electron chi connectivity index (χ0n) is 20.4. The number of anilines is 1. The third-order valence-corrected chi connectivity index (χ3v) is 6.80. The van der Waals surface area contributed by atoms with Crippen molar-refractivity contribution >= 4 is 56.7 Å². The number of hydrogen-bond acceptors (Lipinski definition) is 7. The zero-order chi connectivity index (χ0) is 26.5. The Morgan fingerprint density at radius 2 is 1.71 bits per heavy atom. The molecule has 9 heteroatoms. The molecule has 2 aromatic heterocycles. The molecule has 0 unspecified atom stereocenters. The van der Waals surface area contributed by atoms with Crippen molar-refractivity contribution in [3.8, 4) is 5.75 Å². The van der Waals surface area contributed by atoms with Gasteiger partial charge in [-0.2, -0.15) is 0 Å². The van der Waals surface area contributed by atoms with Crippen LogP contribution in [0.1, 0.15) is 15.2 Å². The van der Waals surface area contributed by atoms with Gasteiger partial charge >= 0.3 is 5.97 Å². The number of thiophene rings is 1. The summed E-state index contributed by atoms with van der Waals surface area (Å²) in [7, 11) is 1.50. The van der Waals surface area contributed by atoms with Crippen LogP contribution in [-0.4, -0.2) is 37.5 Å². The van der Waals surface area contributed by atoms with Crippen LogP contribution in [0.3, 0.4) is 0 Å². The number of hydrogen-bond donors (Lipinski definition) is 2. The average Bonchev–Trinajstić information content (AvgIpc) is 3.60. The fourth-order valence-electron chi connectivity index (χ4n) is 4.12. The molecule has 0 aliphatic carbocycles. The molecular weight excluding hydrogens is 504 g/mol. The lowest BCUT2D eigenvalue weighted by Gasteiger charge is -2.18. The monoisotopic (exact) mass is 528 g/mol. The van der Waals surface area contributed by atoms with Gasteiger partial charge in [-0.3, -0.25) is 9.59 Å². The second-order valence-electron chi connectivity index (χ2n) is 8.50. The number of amides is 2. The molecule has 192 valence electrons. The number of para-hydroxylation sites is 1. The van der Waals surface area contributed by atoms with E-state index >= 15 is 0 Å². The number of nitrogens with one attached hydrogen (secondary N) is 2. The summed E-state index contributed by atoms with van der Waals surface area (Å²) in [6.45, 7) is -0.541. The minimum absolute atomic E-state index is 0.217. The molecule has 2 heterocycles. The van der Waals surface area contributed by atoms with Gasteiger partial charge in [-0.05, 0) is 29.1 Å². The molecule has 0 saturated carbocycles. The fraction of sp³-hybridized carbons (Fsp3) is 0.138. The van der Waals surface area contributed by atoms with Crippen molar-refractivity contribution in [1.82, 2.24) is 5.32 Å². The highest BCUT2D eigenvalue weighted by Gasteiger charge is 2.25. The zero-order valence-corrected chi connectivity index (χ0v) is 21.2. The number of rotatable bonds is 9. The molecule has 38 heavy (non-hydrogen) atoms. The first kappa shape index (κ1) is 25.0. The third kappa shape index (κ3) is 5.52. The van der Waals surface area contributed by atoms with Crippen LogP contribution in [0.2, 0.25) is 0 Å². The normalized spacial score (nSPS) is 11.7. The number of carbonyl (C=O) groups is 3. The van der Waals surface area contributed by atoms with Gasteiger partial charge in [-0.1, -0.05) is 54.6 Å². The van der Waals surface area contributed by atoms with Gasteiger partial charge in [0.1, 0.15) is 23.0 Å². The van der Waals surface area contributed by atoms with Crippen LogP contribution >= 0.6 is 11.3 Å². The molecule has 0 spiro atoms. The molecule has 0 saturated heterocycles. The Morgan fingerprint density at radius 1 is 0.921 bits per heavy atom. The fourth-order valence-corrected chi connectivity index (χ4v) is 4.75. The Hall–Kier alpha value is -4.63. The second-order valence-corrected chi connectivity index (χ2v) is 9.44. The van der Waals surface area contributed by atoms with Crippen molar-refractivity contribution in [3.63, 3.8) is 0 Å². The molecule has 3 aromatic carbocycles. The van der Waals surface area contributed by atoms with Crippen LogP contribution in [-0.2, 0) is 20.7 Å². The second kappa shape index (κ2) is 11.2. The summed E-state index contributed by atoms with van der Waals surface area (Å²) >= 11 is 1.27. The summed E-state index contributed by atoms with van der Waals surface area (Å²) < 4.78 is 16.7. The highest BCUT2D eigenvalue weighted by atomic mass is 32.1. The topological polar surface area (TPSA) is 107 Å². The van der Waals surface area contributed by atoms with E-state index in [1.807, 2.05) is 54.6 Å². The van der Waals surface area contributed by atoms with Crippen molar-refractivity contribution < 1.29 is 28.3 Å². The Balaban J connectivity index is 1.27. The highest BCUT2D eigenvalue weighted by Crippen LogP contribution is 2.36. The van der Waals surface area contributed by atoms with Crippen molar-refractivity contribution in [2.75, 3.05) is 19.0 Å². The van der Waals surface area contributed by atoms with Gasteiger partial charge < -0.3 is 24.5 Å². The number of esters is 1. The van der Waals surface area contributed by atoms with Gasteiger partial charge in [0.15, 0.2) is 6.61 Å².